The second-order valence-corrected chi connectivity index (χ2v) is 6.19. The molecule has 7 heteroatoms. The fourth-order valence-electron chi connectivity index (χ4n) is 3.16. The summed E-state index contributed by atoms with van der Waals surface area (Å²) in [6, 6.07) is 1.74. The lowest BCUT2D eigenvalue weighted by molar-refractivity contribution is 0.250. The van der Waals surface area contributed by atoms with Crippen LogP contribution in [-0.2, 0) is 7.05 Å². The number of anilines is 1. The Balaban J connectivity index is 1.56. The molecule has 1 aliphatic rings. The number of nitrogens with one attached hydrogen (secondary N) is 2. The molecule has 2 aromatic heterocycles. The number of pyridine rings is 1. The van der Waals surface area contributed by atoms with Crippen molar-refractivity contribution in [1.29, 1.82) is 0 Å². The van der Waals surface area contributed by atoms with E-state index in [0.717, 1.165) is 42.8 Å². The molecule has 23 heavy (non-hydrogen) atoms. The second kappa shape index (κ2) is 6.54. The maximum Gasteiger partial charge on any atom is 0.319 e. The van der Waals surface area contributed by atoms with Crippen molar-refractivity contribution in [3.63, 3.8) is 0 Å². The minimum Gasteiger partial charge on any atom is -0.338 e. The average Bonchev–Trinajstić information content (AvgIpc) is 3.10. The highest BCUT2D eigenvalue weighted by atomic mass is 16.2. The molecular formula is C16H24N6O. The molecule has 7 nitrogen and oxygen atoms in total. The Labute approximate surface area is 136 Å². The summed E-state index contributed by atoms with van der Waals surface area (Å²) in [4.78, 5) is 18.8. The van der Waals surface area contributed by atoms with E-state index in [1.54, 1.807) is 10.9 Å². The number of aryl methyl sites for hydroxylation is 2. The SMILES string of the molecule is CCN1CCC(CNC(=O)Nc2cnc3c(c2)c(C)nn3C)C1. The topological polar surface area (TPSA) is 75.1 Å². The Bertz CT molecular complexity index is 710. The van der Waals surface area contributed by atoms with E-state index in [1.807, 2.05) is 20.0 Å². The summed E-state index contributed by atoms with van der Waals surface area (Å²) >= 11 is 0. The first-order chi connectivity index (χ1) is 11.1. The van der Waals surface area contributed by atoms with Crippen molar-refractivity contribution >= 4 is 22.8 Å². The van der Waals surface area contributed by atoms with Crippen molar-refractivity contribution in [2.45, 2.75) is 20.3 Å². The Kier molecular flexibility index (Phi) is 4.47. The highest BCUT2D eigenvalue weighted by Crippen LogP contribution is 2.19. The van der Waals surface area contributed by atoms with Gasteiger partial charge < -0.3 is 15.5 Å². The molecule has 1 aliphatic heterocycles. The number of hydrogen-bond donors (Lipinski definition) is 2. The molecule has 2 amide bonds. The van der Waals surface area contributed by atoms with Crippen LogP contribution in [-0.4, -0.2) is 51.9 Å². The van der Waals surface area contributed by atoms with Gasteiger partial charge in [-0.2, -0.15) is 5.10 Å². The third-order valence-corrected chi connectivity index (χ3v) is 4.49. The Morgan fingerprint density at radius 3 is 3.04 bits per heavy atom. The van der Waals surface area contributed by atoms with E-state index in [4.69, 9.17) is 0 Å². The van der Waals surface area contributed by atoms with Crippen molar-refractivity contribution in [2.24, 2.45) is 13.0 Å². The van der Waals surface area contributed by atoms with E-state index >= 15 is 0 Å². The number of carbonyl (C=O) groups is 1. The maximum atomic E-state index is 12.1. The lowest BCUT2D eigenvalue weighted by Gasteiger charge is -2.14. The summed E-state index contributed by atoms with van der Waals surface area (Å²) in [7, 11) is 1.86. The van der Waals surface area contributed by atoms with Crippen LogP contribution in [0.1, 0.15) is 19.0 Å². The minimum atomic E-state index is -0.178. The number of likely N-dealkylation sites (tertiary alicyclic amines) is 1. The molecule has 2 N–H and O–H groups in total. The minimum absolute atomic E-state index is 0.178. The molecule has 0 aliphatic carbocycles. The fourth-order valence-corrected chi connectivity index (χ4v) is 3.16. The van der Waals surface area contributed by atoms with Crippen molar-refractivity contribution in [3.8, 4) is 0 Å². The van der Waals surface area contributed by atoms with Crippen LogP contribution in [0.2, 0.25) is 0 Å². The quantitative estimate of drug-likeness (QED) is 0.901. The number of fused-ring (bicyclic) bond motifs is 1. The average molecular weight is 316 g/mol. The van der Waals surface area contributed by atoms with Crippen molar-refractivity contribution in [1.82, 2.24) is 25.0 Å². The van der Waals surface area contributed by atoms with Gasteiger partial charge in [-0.3, -0.25) is 4.68 Å². The van der Waals surface area contributed by atoms with Crippen LogP contribution in [0.5, 0.6) is 0 Å². The molecule has 3 heterocycles. The third-order valence-electron chi connectivity index (χ3n) is 4.49. The van der Waals surface area contributed by atoms with E-state index in [1.165, 1.54) is 0 Å². The van der Waals surface area contributed by atoms with Gasteiger partial charge in [-0.15, -0.1) is 0 Å². The number of hydrogen-bond acceptors (Lipinski definition) is 4. The molecule has 124 valence electrons. The zero-order chi connectivity index (χ0) is 16.4. The largest absolute Gasteiger partial charge is 0.338 e. The third kappa shape index (κ3) is 3.44. The zero-order valence-corrected chi connectivity index (χ0v) is 14.0. The van der Waals surface area contributed by atoms with E-state index < -0.39 is 0 Å². The molecule has 0 spiro atoms. The smallest absolute Gasteiger partial charge is 0.319 e. The van der Waals surface area contributed by atoms with Gasteiger partial charge in [0.15, 0.2) is 5.65 Å². The van der Waals surface area contributed by atoms with Gasteiger partial charge in [0, 0.05) is 25.5 Å². The molecule has 1 saturated heterocycles. The van der Waals surface area contributed by atoms with Crippen LogP contribution < -0.4 is 10.6 Å². The standard InChI is InChI=1S/C16H24N6O/c1-4-22-6-5-12(10-22)8-18-16(23)19-13-7-14-11(2)20-21(3)15(14)17-9-13/h7,9,12H,4-6,8,10H2,1-3H3,(H2,18,19,23). The molecule has 1 fully saturated rings. The monoisotopic (exact) mass is 316 g/mol. The number of carbonyl (C=O) groups excluding carboxylic acids is 1. The molecule has 1 unspecified atom stereocenters. The highest BCUT2D eigenvalue weighted by Gasteiger charge is 2.21. The van der Waals surface area contributed by atoms with Crippen molar-refractivity contribution in [3.05, 3.63) is 18.0 Å². The van der Waals surface area contributed by atoms with Gasteiger partial charge in [-0.1, -0.05) is 6.92 Å². The molecule has 3 rings (SSSR count). The van der Waals surface area contributed by atoms with Gasteiger partial charge in [0.05, 0.1) is 17.6 Å². The summed E-state index contributed by atoms with van der Waals surface area (Å²) < 4.78 is 1.74. The normalized spacial score (nSPS) is 18.5. The van der Waals surface area contributed by atoms with Gasteiger partial charge in [0.1, 0.15) is 0 Å². The summed E-state index contributed by atoms with van der Waals surface area (Å²) in [6.07, 6.45) is 2.81. The summed E-state index contributed by atoms with van der Waals surface area (Å²) in [6.45, 7) is 8.10. The van der Waals surface area contributed by atoms with Crippen molar-refractivity contribution < 1.29 is 4.79 Å². The van der Waals surface area contributed by atoms with E-state index in [-0.39, 0.29) is 6.03 Å². The Morgan fingerprint density at radius 2 is 2.30 bits per heavy atom. The van der Waals surface area contributed by atoms with Gasteiger partial charge in [-0.05, 0) is 38.4 Å². The molecule has 2 aromatic rings. The first-order valence-electron chi connectivity index (χ1n) is 8.13. The molecule has 1 atom stereocenters. The van der Waals surface area contributed by atoms with E-state index in [2.05, 4.69) is 32.5 Å². The molecular weight excluding hydrogens is 292 g/mol. The Morgan fingerprint density at radius 1 is 1.48 bits per heavy atom. The van der Waals surface area contributed by atoms with E-state index in [9.17, 15) is 4.79 Å². The molecule has 0 aromatic carbocycles. The van der Waals surface area contributed by atoms with Gasteiger partial charge in [0.25, 0.3) is 0 Å². The number of nitrogens with zero attached hydrogens (tertiary/aromatic N) is 4. The van der Waals surface area contributed by atoms with E-state index in [0.29, 0.717) is 18.2 Å². The van der Waals surface area contributed by atoms with Gasteiger partial charge >= 0.3 is 6.03 Å². The predicted molar refractivity (Wildman–Crippen MR) is 90.5 cm³/mol. The summed E-state index contributed by atoms with van der Waals surface area (Å²) in [5, 5.41) is 11.1. The number of urea groups is 1. The maximum absolute atomic E-state index is 12.1. The first-order valence-corrected chi connectivity index (χ1v) is 8.13. The van der Waals surface area contributed by atoms with Gasteiger partial charge in [0.2, 0.25) is 0 Å². The van der Waals surface area contributed by atoms with Crippen LogP contribution in [0.25, 0.3) is 11.0 Å². The zero-order valence-electron chi connectivity index (χ0n) is 14.0. The van der Waals surface area contributed by atoms with Crippen LogP contribution in [0.3, 0.4) is 0 Å². The molecule has 0 bridgehead atoms. The molecule has 0 saturated carbocycles. The summed E-state index contributed by atoms with van der Waals surface area (Å²) in [5.41, 5.74) is 2.41. The lowest BCUT2D eigenvalue weighted by Crippen LogP contribution is -2.34. The number of aromatic nitrogens is 3. The first kappa shape index (κ1) is 15.7. The van der Waals surface area contributed by atoms with Crippen LogP contribution in [0, 0.1) is 12.8 Å². The number of rotatable bonds is 4. The van der Waals surface area contributed by atoms with Gasteiger partial charge in [-0.25, -0.2) is 9.78 Å². The van der Waals surface area contributed by atoms with Crippen LogP contribution in [0.15, 0.2) is 12.3 Å². The number of amides is 2. The summed E-state index contributed by atoms with van der Waals surface area (Å²) in [5.74, 6) is 0.543. The molecule has 0 radical (unpaired) electrons. The lowest BCUT2D eigenvalue weighted by atomic mass is 10.1. The predicted octanol–water partition coefficient (Wildman–Crippen LogP) is 1.74. The van der Waals surface area contributed by atoms with Crippen molar-refractivity contribution in [2.75, 3.05) is 31.5 Å². The van der Waals surface area contributed by atoms with Crippen LogP contribution in [0.4, 0.5) is 10.5 Å². The Hall–Kier alpha value is -2.15. The fraction of sp³-hybridized carbons (Fsp3) is 0.562. The highest BCUT2D eigenvalue weighted by molar-refractivity contribution is 5.92. The van der Waals surface area contributed by atoms with Crippen LogP contribution >= 0.6 is 0 Å². The second-order valence-electron chi connectivity index (χ2n) is 6.19.